The smallest absolute Gasteiger partial charge is 0.336 e. The van der Waals surface area contributed by atoms with Crippen LogP contribution in [0.3, 0.4) is 0 Å². The van der Waals surface area contributed by atoms with Gasteiger partial charge in [0.15, 0.2) is 0 Å². The standard InChI is InChI=1S/C20H22N2O3/c1-3-12-11-22(24)9-8-20-14-6-4-5-7-15(14)21-18(20)17(19(23)25-2)13(12)10-16(20)22/h3-7,13,16,21H,8-11H2,1-2H3/b12-3-/t13-,16-,20+,22?/m0/s1. The van der Waals surface area contributed by atoms with E-state index in [1.54, 1.807) is 0 Å². The van der Waals surface area contributed by atoms with Crippen molar-refractivity contribution >= 4 is 11.7 Å². The molecule has 5 rings (SSSR count). The van der Waals surface area contributed by atoms with Gasteiger partial charge in [-0.1, -0.05) is 24.3 Å². The summed E-state index contributed by atoms with van der Waals surface area (Å²) < 4.78 is 5.00. The van der Waals surface area contributed by atoms with Gasteiger partial charge in [0.2, 0.25) is 0 Å². The largest absolute Gasteiger partial charge is 0.632 e. The van der Waals surface area contributed by atoms with E-state index in [9.17, 15) is 10.0 Å². The Labute approximate surface area is 147 Å². The monoisotopic (exact) mass is 338 g/mol. The van der Waals surface area contributed by atoms with E-state index in [1.807, 2.05) is 31.2 Å². The maximum Gasteiger partial charge on any atom is 0.336 e. The van der Waals surface area contributed by atoms with Crippen molar-refractivity contribution in [2.45, 2.75) is 31.2 Å². The van der Waals surface area contributed by atoms with Gasteiger partial charge in [0.25, 0.3) is 0 Å². The van der Waals surface area contributed by atoms with E-state index in [0.717, 1.165) is 35.4 Å². The third-order valence-corrected chi connectivity index (χ3v) is 6.89. The zero-order valence-corrected chi connectivity index (χ0v) is 14.5. The third kappa shape index (κ3) is 1.63. The van der Waals surface area contributed by atoms with Crippen molar-refractivity contribution in [1.29, 1.82) is 0 Å². The van der Waals surface area contributed by atoms with Gasteiger partial charge in [-0.25, -0.2) is 4.79 Å². The van der Waals surface area contributed by atoms with E-state index in [1.165, 1.54) is 12.7 Å². The van der Waals surface area contributed by atoms with Crippen LogP contribution < -0.4 is 5.32 Å². The molecular weight excluding hydrogens is 316 g/mol. The quantitative estimate of drug-likeness (QED) is 0.370. The number of benzene rings is 1. The maximum absolute atomic E-state index is 13.7. The highest BCUT2D eigenvalue weighted by Crippen LogP contribution is 2.63. The molecule has 130 valence electrons. The number of hydrogen-bond acceptors (Lipinski definition) is 4. The van der Waals surface area contributed by atoms with Crippen LogP contribution >= 0.6 is 0 Å². The molecule has 3 heterocycles. The van der Waals surface area contributed by atoms with Crippen molar-refractivity contribution in [2.24, 2.45) is 5.92 Å². The summed E-state index contributed by atoms with van der Waals surface area (Å²) in [5.74, 6) is -0.277. The van der Waals surface area contributed by atoms with Gasteiger partial charge in [0, 0.05) is 30.1 Å². The Morgan fingerprint density at radius 2 is 2.24 bits per heavy atom. The van der Waals surface area contributed by atoms with Crippen molar-refractivity contribution in [3.05, 3.63) is 58.0 Å². The molecule has 5 heteroatoms. The lowest BCUT2D eigenvalue weighted by molar-refractivity contribution is -0.895. The molecule has 1 N–H and O–H groups in total. The van der Waals surface area contributed by atoms with Crippen LogP contribution in [0, 0.1) is 11.1 Å². The second kappa shape index (κ2) is 4.74. The van der Waals surface area contributed by atoms with Crippen LogP contribution in [0.25, 0.3) is 0 Å². The SMILES string of the molecule is C/C=C1/C[N+]2([O-])CC[C@]34C(=C(C(=O)OC)[C@H]1C[C@@H]32)Nc1ccccc14. The molecule has 2 saturated heterocycles. The van der Waals surface area contributed by atoms with E-state index in [0.29, 0.717) is 13.1 Å². The van der Waals surface area contributed by atoms with Crippen LogP contribution in [-0.4, -0.2) is 36.9 Å². The van der Waals surface area contributed by atoms with Crippen LogP contribution in [0.1, 0.15) is 25.3 Å². The van der Waals surface area contributed by atoms with E-state index >= 15 is 0 Å². The second-order valence-electron chi connectivity index (χ2n) is 7.67. The molecule has 3 aliphatic heterocycles. The Bertz CT molecular complexity index is 858. The van der Waals surface area contributed by atoms with E-state index in [-0.39, 0.29) is 28.0 Å². The minimum atomic E-state index is -0.363. The molecule has 0 aromatic heterocycles. The van der Waals surface area contributed by atoms with Crippen molar-refractivity contribution in [3.8, 4) is 0 Å². The fourth-order valence-electron chi connectivity index (χ4n) is 5.87. The van der Waals surface area contributed by atoms with Crippen molar-refractivity contribution in [1.82, 2.24) is 0 Å². The molecule has 1 unspecified atom stereocenters. The lowest BCUT2D eigenvalue weighted by atomic mass is 9.61. The summed E-state index contributed by atoms with van der Waals surface area (Å²) in [6.07, 6.45) is 3.54. The summed E-state index contributed by atoms with van der Waals surface area (Å²) in [7, 11) is 1.44. The van der Waals surface area contributed by atoms with Crippen LogP contribution in [0.15, 0.2) is 47.2 Å². The number of esters is 1. The summed E-state index contributed by atoms with van der Waals surface area (Å²) in [5, 5.41) is 17.2. The third-order valence-electron chi connectivity index (χ3n) is 6.89. The average Bonchev–Trinajstić information content (AvgIpc) is 3.14. The molecule has 2 fully saturated rings. The number of hydrogen-bond donors (Lipinski definition) is 1. The van der Waals surface area contributed by atoms with Gasteiger partial charge >= 0.3 is 5.97 Å². The number of carbonyl (C=O) groups excluding carboxylic acids is 1. The highest BCUT2D eigenvalue weighted by Gasteiger charge is 2.67. The van der Waals surface area contributed by atoms with Gasteiger partial charge in [0.05, 0.1) is 24.6 Å². The first-order valence-electron chi connectivity index (χ1n) is 8.97. The number of nitrogens with one attached hydrogen (secondary N) is 1. The summed E-state index contributed by atoms with van der Waals surface area (Å²) in [5.41, 5.74) is 4.58. The number of ether oxygens (including phenoxy) is 1. The number of para-hydroxylation sites is 1. The zero-order valence-electron chi connectivity index (χ0n) is 14.5. The molecule has 25 heavy (non-hydrogen) atoms. The second-order valence-corrected chi connectivity index (χ2v) is 7.67. The van der Waals surface area contributed by atoms with Crippen molar-refractivity contribution in [2.75, 3.05) is 25.5 Å². The molecule has 1 aromatic rings. The molecule has 5 nitrogen and oxygen atoms in total. The summed E-state index contributed by atoms with van der Waals surface area (Å²) in [6, 6.07) is 8.16. The van der Waals surface area contributed by atoms with Gasteiger partial charge in [-0.3, -0.25) is 0 Å². The first-order valence-corrected chi connectivity index (χ1v) is 8.97. The Morgan fingerprint density at radius 1 is 1.44 bits per heavy atom. The fraction of sp³-hybridized carbons (Fsp3) is 0.450. The number of hydroxylamine groups is 3. The van der Waals surface area contributed by atoms with Gasteiger partial charge in [0.1, 0.15) is 12.6 Å². The number of quaternary nitrogens is 1. The number of allylic oxidation sites excluding steroid dienone is 1. The molecule has 0 amide bonds. The van der Waals surface area contributed by atoms with Gasteiger partial charge in [-0.2, -0.15) is 0 Å². The van der Waals surface area contributed by atoms with Gasteiger partial charge in [-0.15, -0.1) is 0 Å². The Morgan fingerprint density at radius 3 is 3.00 bits per heavy atom. The first kappa shape index (κ1) is 15.2. The molecule has 1 spiro atoms. The molecule has 1 aliphatic carbocycles. The molecule has 4 aliphatic rings. The number of carbonyl (C=O) groups is 1. The molecular formula is C20H22N2O3. The van der Waals surface area contributed by atoms with Gasteiger partial charge < -0.3 is 19.9 Å². The van der Waals surface area contributed by atoms with E-state index < -0.39 is 0 Å². The highest BCUT2D eigenvalue weighted by molar-refractivity contribution is 5.94. The molecule has 0 saturated carbocycles. The van der Waals surface area contributed by atoms with Crippen LogP contribution in [0.5, 0.6) is 0 Å². The molecule has 1 aromatic carbocycles. The summed E-state index contributed by atoms with van der Waals surface area (Å²) in [4.78, 5) is 12.7. The average molecular weight is 338 g/mol. The van der Waals surface area contributed by atoms with Crippen LogP contribution in [-0.2, 0) is 14.9 Å². The number of rotatable bonds is 1. The summed E-state index contributed by atoms with van der Waals surface area (Å²) >= 11 is 0. The zero-order chi connectivity index (χ0) is 17.4. The molecule has 2 bridgehead atoms. The highest BCUT2D eigenvalue weighted by atomic mass is 16.6. The van der Waals surface area contributed by atoms with Crippen molar-refractivity contribution in [3.63, 3.8) is 0 Å². The number of nitrogens with zero attached hydrogens (tertiary/aromatic N) is 1. The summed E-state index contributed by atoms with van der Waals surface area (Å²) in [6.45, 7) is 3.06. The van der Waals surface area contributed by atoms with Crippen LogP contribution in [0.4, 0.5) is 5.69 Å². The number of methoxy groups -OCH3 is 1. The lowest BCUT2D eigenvalue weighted by Gasteiger charge is -2.55. The number of anilines is 1. The Kier molecular flexibility index (Phi) is 2.88. The topological polar surface area (TPSA) is 61.4 Å². The Balaban J connectivity index is 1.84. The minimum Gasteiger partial charge on any atom is -0.632 e. The first-order chi connectivity index (χ1) is 12.0. The fourth-order valence-corrected chi connectivity index (χ4v) is 5.87. The van der Waals surface area contributed by atoms with Crippen LogP contribution in [0.2, 0.25) is 0 Å². The number of piperidine rings is 1. The Hall–Kier alpha value is -2.11. The molecule has 4 atom stereocenters. The predicted molar refractivity (Wildman–Crippen MR) is 94.4 cm³/mol. The number of fused-ring (bicyclic) bond motifs is 2. The van der Waals surface area contributed by atoms with E-state index in [2.05, 4.69) is 11.4 Å². The normalized spacial score (nSPS) is 39.1. The predicted octanol–water partition coefficient (Wildman–Crippen LogP) is 2.84. The molecule has 0 radical (unpaired) electrons. The maximum atomic E-state index is 13.7. The van der Waals surface area contributed by atoms with E-state index in [4.69, 9.17) is 4.74 Å². The van der Waals surface area contributed by atoms with Gasteiger partial charge in [-0.05, 0) is 24.1 Å². The lowest BCUT2D eigenvalue weighted by Crippen LogP contribution is -2.60. The minimum absolute atomic E-state index is 0.00862. The van der Waals surface area contributed by atoms with Crippen molar-refractivity contribution < 1.29 is 14.2 Å².